The van der Waals surface area contributed by atoms with Gasteiger partial charge in [0.05, 0.1) is 0 Å². The lowest BCUT2D eigenvalue weighted by Crippen LogP contribution is -2.08. The van der Waals surface area contributed by atoms with E-state index in [4.69, 9.17) is 15.0 Å². The van der Waals surface area contributed by atoms with Crippen LogP contribution in [0.3, 0.4) is 0 Å². The maximum atomic E-state index is 13.2. The summed E-state index contributed by atoms with van der Waals surface area (Å²) in [6.07, 6.45) is 0. The normalized spacial score (nSPS) is 12.7. The standard InChI is InChI=1S/C14H18FN3O2/c1-8(2)14-17-13(20-18-14)7-19-12-5-4-10(15)6-11(12)9(3)16/h4-6,8-9H,7,16H2,1-3H3/t9-/m0/s1. The van der Waals surface area contributed by atoms with E-state index >= 15 is 0 Å². The molecular weight excluding hydrogens is 261 g/mol. The number of rotatable bonds is 5. The molecule has 0 aliphatic rings. The highest BCUT2D eigenvalue weighted by Gasteiger charge is 2.13. The van der Waals surface area contributed by atoms with Crippen molar-refractivity contribution in [3.05, 3.63) is 41.3 Å². The van der Waals surface area contributed by atoms with Gasteiger partial charge in [0.15, 0.2) is 12.4 Å². The van der Waals surface area contributed by atoms with E-state index in [-0.39, 0.29) is 24.4 Å². The second-order valence-electron chi connectivity index (χ2n) is 4.96. The molecule has 0 fully saturated rings. The van der Waals surface area contributed by atoms with E-state index in [1.165, 1.54) is 12.1 Å². The predicted octanol–water partition coefficient (Wildman–Crippen LogP) is 2.93. The van der Waals surface area contributed by atoms with E-state index in [1.807, 2.05) is 13.8 Å². The molecule has 108 valence electrons. The van der Waals surface area contributed by atoms with Crippen molar-refractivity contribution in [1.82, 2.24) is 10.1 Å². The average Bonchev–Trinajstić information content (AvgIpc) is 2.86. The van der Waals surface area contributed by atoms with Crippen molar-refractivity contribution in [3.63, 3.8) is 0 Å². The second kappa shape index (κ2) is 6.00. The largest absolute Gasteiger partial charge is 0.483 e. The van der Waals surface area contributed by atoms with Gasteiger partial charge in [-0.15, -0.1) is 0 Å². The Balaban J connectivity index is 2.10. The van der Waals surface area contributed by atoms with Gasteiger partial charge in [0.2, 0.25) is 0 Å². The minimum absolute atomic E-state index is 0.130. The zero-order chi connectivity index (χ0) is 14.7. The monoisotopic (exact) mass is 279 g/mol. The number of benzene rings is 1. The van der Waals surface area contributed by atoms with Crippen molar-refractivity contribution < 1.29 is 13.7 Å². The smallest absolute Gasteiger partial charge is 0.264 e. The first-order chi connectivity index (χ1) is 9.47. The van der Waals surface area contributed by atoms with Crippen LogP contribution < -0.4 is 10.5 Å². The number of hydrogen-bond acceptors (Lipinski definition) is 5. The SMILES string of the molecule is CC(C)c1noc(COc2ccc(F)cc2[C@H](C)N)n1. The molecule has 0 aliphatic heterocycles. The number of aromatic nitrogens is 2. The molecule has 0 amide bonds. The molecule has 6 heteroatoms. The Morgan fingerprint density at radius 2 is 2.10 bits per heavy atom. The van der Waals surface area contributed by atoms with Crippen LogP contribution >= 0.6 is 0 Å². The Hall–Kier alpha value is -1.95. The fourth-order valence-corrected chi connectivity index (χ4v) is 1.71. The van der Waals surface area contributed by atoms with Gasteiger partial charge in [0.1, 0.15) is 11.6 Å². The van der Waals surface area contributed by atoms with Crippen LogP contribution in [0.25, 0.3) is 0 Å². The van der Waals surface area contributed by atoms with Gasteiger partial charge in [-0.25, -0.2) is 4.39 Å². The Labute approximate surface area is 116 Å². The summed E-state index contributed by atoms with van der Waals surface area (Å²) in [5.41, 5.74) is 6.40. The molecule has 2 rings (SSSR count). The van der Waals surface area contributed by atoms with E-state index < -0.39 is 0 Å². The van der Waals surface area contributed by atoms with Gasteiger partial charge in [-0.05, 0) is 25.1 Å². The summed E-state index contributed by atoms with van der Waals surface area (Å²) < 4.78 is 23.9. The van der Waals surface area contributed by atoms with Crippen LogP contribution in [0.5, 0.6) is 5.75 Å². The van der Waals surface area contributed by atoms with Gasteiger partial charge >= 0.3 is 0 Å². The highest BCUT2D eigenvalue weighted by Crippen LogP contribution is 2.25. The molecule has 1 aromatic carbocycles. The molecular formula is C14H18FN3O2. The lowest BCUT2D eigenvalue weighted by Gasteiger charge is -2.12. The first-order valence-electron chi connectivity index (χ1n) is 6.47. The van der Waals surface area contributed by atoms with Gasteiger partial charge in [-0.3, -0.25) is 0 Å². The molecule has 0 aliphatic carbocycles. The Bertz CT molecular complexity index is 582. The molecule has 0 spiro atoms. The van der Waals surface area contributed by atoms with Gasteiger partial charge in [0, 0.05) is 17.5 Å². The zero-order valence-corrected chi connectivity index (χ0v) is 11.8. The highest BCUT2D eigenvalue weighted by molar-refractivity contribution is 5.36. The van der Waals surface area contributed by atoms with Crippen molar-refractivity contribution in [2.75, 3.05) is 0 Å². The zero-order valence-electron chi connectivity index (χ0n) is 11.8. The quantitative estimate of drug-likeness (QED) is 0.910. The third-order valence-electron chi connectivity index (χ3n) is 2.81. The first kappa shape index (κ1) is 14.5. The summed E-state index contributed by atoms with van der Waals surface area (Å²) >= 11 is 0. The number of ether oxygens (including phenoxy) is 1. The van der Waals surface area contributed by atoms with Crippen LogP contribution in [0.15, 0.2) is 22.7 Å². The number of hydrogen-bond donors (Lipinski definition) is 1. The molecule has 1 aromatic heterocycles. The lowest BCUT2D eigenvalue weighted by molar-refractivity contribution is 0.239. The molecule has 2 aromatic rings. The summed E-state index contributed by atoms with van der Waals surface area (Å²) in [5.74, 6) is 1.39. The van der Waals surface area contributed by atoms with Crippen LogP contribution in [0.4, 0.5) is 4.39 Å². The molecule has 0 bridgehead atoms. The summed E-state index contributed by atoms with van der Waals surface area (Å²) in [6, 6.07) is 3.92. The number of halogens is 1. The third kappa shape index (κ3) is 3.33. The highest BCUT2D eigenvalue weighted by atomic mass is 19.1. The van der Waals surface area contributed by atoms with Crippen LogP contribution in [0, 0.1) is 5.82 Å². The topological polar surface area (TPSA) is 74.2 Å². The fourth-order valence-electron chi connectivity index (χ4n) is 1.71. The second-order valence-corrected chi connectivity index (χ2v) is 4.96. The molecule has 5 nitrogen and oxygen atoms in total. The summed E-state index contributed by atoms with van der Waals surface area (Å²) in [7, 11) is 0. The summed E-state index contributed by atoms with van der Waals surface area (Å²) in [4.78, 5) is 4.21. The van der Waals surface area contributed by atoms with Crippen molar-refractivity contribution in [2.24, 2.45) is 5.73 Å². The molecule has 1 heterocycles. The third-order valence-corrected chi connectivity index (χ3v) is 2.81. The Morgan fingerprint density at radius 1 is 1.35 bits per heavy atom. The van der Waals surface area contributed by atoms with Crippen LogP contribution in [0.1, 0.15) is 50.0 Å². The number of nitrogens with zero attached hydrogens (tertiary/aromatic N) is 2. The van der Waals surface area contributed by atoms with Gasteiger partial charge < -0.3 is 15.0 Å². The molecule has 20 heavy (non-hydrogen) atoms. The van der Waals surface area contributed by atoms with Crippen LogP contribution in [0.2, 0.25) is 0 Å². The fraction of sp³-hybridized carbons (Fsp3) is 0.429. The van der Waals surface area contributed by atoms with Gasteiger partial charge in [-0.1, -0.05) is 19.0 Å². The van der Waals surface area contributed by atoms with Crippen molar-refractivity contribution in [1.29, 1.82) is 0 Å². The molecule has 0 radical (unpaired) electrons. The summed E-state index contributed by atoms with van der Waals surface area (Å²) in [5, 5.41) is 3.85. The maximum absolute atomic E-state index is 13.2. The van der Waals surface area contributed by atoms with E-state index in [2.05, 4.69) is 10.1 Å². The van der Waals surface area contributed by atoms with Crippen molar-refractivity contribution in [2.45, 2.75) is 39.3 Å². The number of nitrogens with two attached hydrogens (primary N) is 1. The van der Waals surface area contributed by atoms with Gasteiger partial charge in [0.25, 0.3) is 5.89 Å². The maximum Gasteiger partial charge on any atom is 0.264 e. The Morgan fingerprint density at radius 3 is 2.70 bits per heavy atom. The molecule has 0 saturated heterocycles. The van der Waals surface area contributed by atoms with E-state index in [0.717, 1.165) is 0 Å². The van der Waals surface area contributed by atoms with E-state index in [1.54, 1.807) is 13.0 Å². The minimum Gasteiger partial charge on any atom is -0.483 e. The molecule has 0 unspecified atom stereocenters. The van der Waals surface area contributed by atoms with E-state index in [0.29, 0.717) is 23.0 Å². The lowest BCUT2D eigenvalue weighted by atomic mass is 10.1. The van der Waals surface area contributed by atoms with E-state index in [9.17, 15) is 4.39 Å². The van der Waals surface area contributed by atoms with Gasteiger partial charge in [-0.2, -0.15) is 4.98 Å². The predicted molar refractivity (Wildman–Crippen MR) is 71.7 cm³/mol. The summed E-state index contributed by atoms with van der Waals surface area (Å²) in [6.45, 7) is 5.85. The van der Waals surface area contributed by atoms with Crippen molar-refractivity contribution in [3.8, 4) is 5.75 Å². The Kier molecular flexibility index (Phi) is 4.34. The van der Waals surface area contributed by atoms with Crippen molar-refractivity contribution >= 4 is 0 Å². The molecule has 2 N–H and O–H groups in total. The van der Waals surface area contributed by atoms with Crippen LogP contribution in [-0.2, 0) is 6.61 Å². The first-order valence-corrected chi connectivity index (χ1v) is 6.47. The molecule has 0 saturated carbocycles. The van der Waals surface area contributed by atoms with Crippen LogP contribution in [-0.4, -0.2) is 10.1 Å². The molecule has 1 atom stereocenters. The average molecular weight is 279 g/mol. The minimum atomic E-state index is -0.343.